The molecule has 4 N–H and O–H groups in total. The molecule has 3 rings (SSSR count). The second-order valence-corrected chi connectivity index (χ2v) is 5.76. The Morgan fingerprint density at radius 2 is 1.62 bits per heavy atom. The van der Waals surface area contributed by atoms with Crippen LogP contribution in [0.1, 0.15) is 20.8 Å². The molecule has 2 aromatic carbocycles. The molecule has 24 heavy (non-hydrogen) atoms. The summed E-state index contributed by atoms with van der Waals surface area (Å²) in [6.07, 6.45) is 0. The lowest BCUT2D eigenvalue weighted by atomic mass is 10.0. The second-order valence-electron chi connectivity index (χ2n) is 5.01. The van der Waals surface area contributed by atoms with Crippen molar-refractivity contribution < 1.29 is 9.59 Å². The van der Waals surface area contributed by atoms with E-state index in [9.17, 15) is 9.59 Å². The predicted molar refractivity (Wildman–Crippen MR) is 94.6 cm³/mol. The number of imidazole rings is 1. The van der Waals surface area contributed by atoms with Crippen LogP contribution in [0.3, 0.4) is 0 Å². The van der Waals surface area contributed by atoms with E-state index in [2.05, 4.69) is 31.2 Å². The van der Waals surface area contributed by atoms with Crippen molar-refractivity contribution in [1.29, 1.82) is 0 Å². The first kappa shape index (κ1) is 15.9. The van der Waals surface area contributed by atoms with Crippen molar-refractivity contribution >= 4 is 33.6 Å². The zero-order valence-electron chi connectivity index (χ0n) is 12.4. The molecule has 0 saturated heterocycles. The molecule has 0 atom stereocenters. The van der Waals surface area contributed by atoms with Gasteiger partial charge in [0.2, 0.25) is 0 Å². The Balaban J connectivity index is 1.80. The fourth-order valence-corrected chi connectivity index (χ4v) is 2.61. The first-order valence-electron chi connectivity index (χ1n) is 7.07. The molecule has 1 aromatic heterocycles. The smallest absolute Gasteiger partial charge is 0.269 e. The average Bonchev–Trinajstić information content (AvgIpc) is 2.96. The summed E-state index contributed by atoms with van der Waals surface area (Å²) in [5.41, 5.74) is 7.80. The molecule has 0 spiro atoms. The van der Waals surface area contributed by atoms with Crippen molar-refractivity contribution in [3.05, 3.63) is 70.6 Å². The van der Waals surface area contributed by atoms with Crippen molar-refractivity contribution in [3.63, 3.8) is 0 Å². The summed E-state index contributed by atoms with van der Waals surface area (Å²) >= 11 is 3.11. The van der Waals surface area contributed by atoms with E-state index >= 15 is 0 Å². The van der Waals surface area contributed by atoms with Crippen LogP contribution in [0.15, 0.2) is 59.3 Å². The number of halogens is 1. The number of primary amides is 1. The Bertz CT molecular complexity index is 889. The molecule has 6 nitrogen and oxygen atoms in total. The number of carbonyl (C=O) groups is 2. The van der Waals surface area contributed by atoms with Crippen LogP contribution >= 0.6 is 15.9 Å². The van der Waals surface area contributed by atoms with Gasteiger partial charge in [-0.2, -0.15) is 0 Å². The molecular formula is C17H13BrN4O2. The Hall–Kier alpha value is -2.93. The van der Waals surface area contributed by atoms with E-state index in [1.165, 1.54) is 0 Å². The zero-order chi connectivity index (χ0) is 17.1. The second kappa shape index (κ2) is 6.67. The number of aromatic amines is 1. The highest BCUT2D eigenvalue weighted by Crippen LogP contribution is 2.20. The van der Waals surface area contributed by atoms with Crippen LogP contribution in [0.4, 0.5) is 5.82 Å². The molecule has 2 amide bonds. The van der Waals surface area contributed by atoms with E-state index in [1.807, 2.05) is 42.5 Å². The van der Waals surface area contributed by atoms with E-state index in [1.54, 1.807) is 12.1 Å². The lowest BCUT2D eigenvalue weighted by Gasteiger charge is -2.05. The molecule has 0 saturated carbocycles. The standard InChI is InChI=1S/C17H13BrN4O2/c18-17-20-13(14(19)23)15(22-17)21-16(24)12-8-6-11(7-9-12)10-4-2-1-3-5-10/h1-9H,(H2,19,23)(H,20,22)(H,21,24). The monoisotopic (exact) mass is 384 g/mol. The summed E-state index contributed by atoms with van der Waals surface area (Å²) in [4.78, 5) is 30.3. The molecular weight excluding hydrogens is 372 g/mol. The summed E-state index contributed by atoms with van der Waals surface area (Å²) in [5, 5.41) is 2.58. The van der Waals surface area contributed by atoms with Gasteiger partial charge in [0.05, 0.1) is 0 Å². The fourth-order valence-electron chi connectivity index (χ4n) is 2.24. The van der Waals surface area contributed by atoms with Crippen LogP contribution in [-0.2, 0) is 0 Å². The molecule has 0 unspecified atom stereocenters. The van der Waals surface area contributed by atoms with Crippen LogP contribution in [0.25, 0.3) is 11.1 Å². The van der Waals surface area contributed by atoms with Crippen molar-refractivity contribution in [3.8, 4) is 11.1 Å². The van der Waals surface area contributed by atoms with Gasteiger partial charge in [-0.05, 0) is 39.2 Å². The van der Waals surface area contributed by atoms with E-state index in [4.69, 9.17) is 5.73 Å². The van der Waals surface area contributed by atoms with Gasteiger partial charge >= 0.3 is 0 Å². The van der Waals surface area contributed by atoms with Gasteiger partial charge in [-0.1, -0.05) is 42.5 Å². The van der Waals surface area contributed by atoms with Gasteiger partial charge in [-0.25, -0.2) is 4.98 Å². The Morgan fingerprint density at radius 3 is 2.25 bits per heavy atom. The highest BCUT2D eigenvalue weighted by Gasteiger charge is 2.17. The molecule has 120 valence electrons. The van der Waals surface area contributed by atoms with E-state index in [-0.39, 0.29) is 17.4 Å². The number of rotatable bonds is 4. The number of nitrogens with two attached hydrogens (primary N) is 1. The normalized spacial score (nSPS) is 10.4. The highest BCUT2D eigenvalue weighted by atomic mass is 79.9. The number of amides is 2. The Labute approximate surface area is 146 Å². The van der Waals surface area contributed by atoms with Crippen LogP contribution in [-0.4, -0.2) is 21.8 Å². The summed E-state index contributed by atoms with van der Waals surface area (Å²) in [5.74, 6) is -0.995. The van der Waals surface area contributed by atoms with Gasteiger partial charge in [0.1, 0.15) is 5.69 Å². The number of anilines is 1. The van der Waals surface area contributed by atoms with E-state index < -0.39 is 5.91 Å². The largest absolute Gasteiger partial charge is 0.364 e. The summed E-state index contributed by atoms with van der Waals surface area (Å²) < 4.78 is 0.311. The molecule has 1 heterocycles. The predicted octanol–water partition coefficient (Wildman–Crippen LogP) is 3.19. The lowest BCUT2D eigenvalue weighted by Crippen LogP contribution is -2.18. The minimum atomic E-state index is -0.706. The molecule has 0 fully saturated rings. The van der Waals surface area contributed by atoms with Crippen LogP contribution < -0.4 is 11.1 Å². The van der Waals surface area contributed by atoms with Gasteiger partial charge in [0.25, 0.3) is 11.8 Å². The van der Waals surface area contributed by atoms with Gasteiger partial charge in [-0.3, -0.25) is 9.59 Å². The van der Waals surface area contributed by atoms with Crippen molar-refractivity contribution in [1.82, 2.24) is 9.97 Å². The van der Waals surface area contributed by atoms with E-state index in [0.29, 0.717) is 10.3 Å². The van der Waals surface area contributed by atoms with Gasteiger partial charge in [0, 0.05) is 5.56 Å². The topological polar surface area (TPSA) is 101 Å². The zero-order valence-corrected chi connectivity index (χ0v) is 14.0. The van der Waals surface area contributed by atoms with Crippen molar-refractivity contribution in [2.75, 3.05) is 5.32 Å². The molecule has 0 aliphatic heterocycles. The number of carbonyl (C=O) groups excluding carboxylic acids is 2. The van der Waals surface area contributed by atoms with Crippen LogP contribution in [0.5, 0.6) is 0 Å². The summed E-state index contributed by atoms with van der Waals surface area (Å²) in [6.45, 7) is 0. The third-order valence-electron chi connectivity index (χ3n) is 3.41. The number of hydrogen-bond donors (Lipinski definition) is 3. The number of H-pyrrole nitrogens is 1. The Morgan fingerprint density at radius 1 is 1.00 bits per heavy atom. The van der Waals surface area contributed by atoms with Crippen molar-refractivity contribution in [2.24, 2.45) is 5.73 Å². The maximum absolute atomic E-state index is 12.3. The third-order valence-corrected chi connectivity index (χ3v) is 3.78. The highest BCUT2D eigenvalue weighted by molar-refractivity contribution is 9.10. The number of hydrogen-bond acceptors (Lipinski definition) is 3. The lowest BCUT2D eigenvalue weighted by molar-refractivity contribution is 0.0997. The maximum atomic E-state index is 12.3. The summed E-state index contributed by atoms with van der Waals surface area (Å²) in [6, 6.07) is 17.0. The molecule has 0 radical (unpaired) electrons. The SMILES string of the molecule is NC(=O)c1[nH]c(Br)nc1NC(=O)c1ccc(-c2ccccc2)cc1. The molecule has 0 aliphatic carbocycles. The van der Waals surface area contributed by atoms with Gasteiger partial charge < -0.3 is 16.0 Å². The van der Waals surface area contributed by atoms with Crippen molar-refractivity contribution in [2.45, 2.75) is 0 Å². The first-order valence-corrected chi connectivity index (χ1v) is 7.86. The maximum Gasteiger partial charge on any atom is 0.269 e. The minimum absolute atomic E-state index is 0.0381. The number of aromatic nitrogens is 2. The van der Waals surface area contributed by atoms with Crippen LogP contribution in [0, 0.1) is 0 Å². The number of nitrogens with one attached hydrogen (secondary N) is 2. The first-order chi connectivity index (χ1) is 11.5. The molecule has 0 bridgehead atoms. The third kappa shape index (κ3) is 3.36. The van der Waals surface area contributed by atoms with Gasteiger partial charge in [0.15, 0.2) is 10.6 Å². The summed E-state index contributed by atoms with van der Waals surface area (Å²) in [7, 11) is 0. The molecule has 0 aliphatic rings. The van der Waals surface area contributed by atoms with E-state index in [0.717, 1.165) is 11.1 Å². The number of nitrogens with zero attached hydrogens (tertiary/aromatic N) is 1. The average molecular weight is 385 g/mol. The van der Waals surface area contributed by atoms with Crippen LogP contribution in [0.2, 0.25) is 0 Å². The molecule has 3 aromatic rings. The van der Waals surface area contributed by atoms with Gasteiger partial charge in [-0.15, -0.1) is 0 Å². The minimum Gasteiger partial charge on any atom is -0.364 e. The fraction of sp³-hybridized carbons (Fsp3) is 0. The molecule has 7 heteroatoms. The Kier molecular flexibility index (Phi) is 4.43. The quantitative estimate of drug-likeness (QED) is 0.643. The number of benzene rings is 2.